The summed E-state index contributed by atoms with van der Waals surface area (Å²) in [4.78, 5) is 0. The van der Waals surface area contributed by atoms with Gasteiger partial charge in [-0.2, -0.15) is 0 Å². The maximum atomic E-state index is 6.73. The largest absolute Gasteiger partial charge is 0.455 e. The Morgan fingerprint density at radius 1 is 0.309 bits per heavy atom. The summed E-state index contributed by atoms with van der Waals surface area (Å²) < 4.78 is 12.0. The van der Waals surface area contributed by atoms with Crippen LogP contribution in [0.25, 0.3) is 128 Å². The van der Waals surface area contributed by atoms with E-state index in [1.54, 1.807) is 0 Å². The molecule has 0 aliphatic rings. The molecule has 0 bridgehead atoms. The van der Waals surface area contributed by atoms with Gasteiger partial charge in [-0.3, -0.25) is 0 Å². The van der Waals surface area contributed by atoms with Gasteiger partial charge in [-0.05, 0) is 73.3 Å². The van der Waals surface area contributed by atoms with Crippen LogP contribution in [-0.4, -0.2) is 0 Å². The number of para-hydroxylation sites is 2. The van der Waals surface area contributed by atoms with E-state index in [9.17, 15) is 0 Å². The van der Waals surface area contributed by atoms with Crippen molar-refractivity contribution in [2.45, 2.75) is 0 Å². The van der Waals surface area contributed by atoms with Crippen molar-refractivity contribution in [2.24, 2.45) is 0 Å². The van der Waals surface area contributed by atoms with Gasteiger partial charge < -0.3 is 4.42 Å². The summed E-state index contributed by atoms with van der Waals surface area (Å²) in [7, 11) is 0. The second-order valence-corrected chi connectivity index (χ2v) is 16.8. The molecule has 0 saturated carbocycles. The lowest BCUT2D eigenvalue weighted by Gasteiger charge is -2.20. The third kappa shape index (κ3) is 4.06. The Morgan fingerprint density at radius 3 is 1.53 bits per heavy atom. The highest BCUT2D eigenvalue weighted by Crippen LogP contribution is 2.50. The topological polar surface area (TPSA) is 13.1 Å². The van der Waals surface area contributed by atoms with E-state index < -0.39 is 0 Å². The highest BCUT2D eigenvalue weighted by Gasteiger charge is 2.23. The Kier molecular flexibility index (Phi) is 5.99. The molecule has 0 saturated heterocycles. The van der Waals surface area contributed by atoms with Crippen LogP contribution < -0.4 is 0 Å². The summed E-state index contributed by atoms with van der Waals surface area (Å²) in [6, 6.07) is 62.9. The zero-order valence-electron chi connectivity index (χ0n) is 29.4. The van der Waals surface area contributed by atoms with Crippen molar-refractivity contribution in [1.82, 2.24) is 0 Å². The van der Waals surface area contributed by atoms with E-state index in [-0.39, 0.29) is 0 Å². The maximum Gasteiger partial charge on any atom is 0.143 e. The van der Waals surface area contributed by atoms with Crippen LogP contribution in [0.5, 0.6) is 0 Å². The summed E-state index contributed by atoms with van der Waals surface area (Å²) in [6.07, 6.45) is 0. The molecule has 0 aliphatic carbocycles. The first-order chi connectivity index (χ1) is 27.3. The van der Waals surface area contributed by atoms with Crippen LogP contribution in [0.15, 0.2) is 174 Å². The van der Waals surface area contributed by atoms with Crippen molar-refractivity contribution in [3.05, 3.63) is 170 Å². The number of rotatable bonds is 3. The lowest BCUT2D eigenvalue weighted by atomic mass is 9.83. The van der Waals surface area contributed by atoms with E-state index in [2.05, 4.69) is 170 Å². The maximum absolute atomic E-state index is 6.73. The standard InChI is InChI=1S/C52H28OS2/c1-4-19-45-31(10-1)37-13-7-14-38(50(37)53-45)43-28-44(42-18-9-17-41-33-12-3-6-21-47(33)55-52(41)42)35-25-23-29-22-24-30(34-26-27-36(43)49(35)48(29)34)39-15-8-16-40-32-11-2-5-20-46(32)54-51(39)40/h1-28H. The first-order valence-corrected chi connectivity index (χ1v) is 20.4. The molecule has 3 heteroatoms. The van der Waals surface area contributed by atoms with E-state index in [4.69, 9.17) is 4.42 Å². The molecule has 3 heterocycles. The van der Waals surface area contributed by atoms with Crippen molar-refractivity contribution >= 4 is 117 Å². The molecule has 0 unspecified atom stereocenters. The minimum Gasteiger partial charge on any atom is -0.455 e. The van der Waals surface area contributed by atoms with E-state index in [0.29, 0.717) is 0 Å². The summed E-state index contributed by atoms with van der Waals surface area (Å²) in [5.74, 6) is 0. The zero-order valence-corrected chi connectivity index (χ0v) is 31.0. The van der Waals surface area contributed by atoms with Gasteiger partial charge in [0.15, 0.2) is 0 Å². The van der Waals surface area contributed by atoms with Gasteiger partial charge in [0, 0.05) is 67.8 Å². The molecule has 13 rings (SSSR count). The van der Waals surface area contributed by atoms with E-state index in [0.717, 1.165) is 27.5 Å². The Morgan fingerprint density at radius 2 is 0.818 bits per heavy atom. The van der Waals surface area contributed by atoms with Gasteiger partial charge in [0.25, 0.3) is 0 Å². The molecule has 254 valence electrons. The van der Waals surface area contributed by atoms with E-state index in [1.165, 1.54) is 100 Å². The molecule has 0 N–H and O–H groups in total. The van der Waals surface area contributed by atoms with Crippen molar-refractivity contribution in [2.75, 3.05) is 0 Å². The Hall–Kier alpha value is -6.52. The van der Waals surface area contributed by atoms with Gasteiger partial charge in [-0.25, -0.2) is 0 Å². The molecule has 0 atom stereocenters. The minimum atomic E-state index is 0.915. The van der Waals surface area contributed by atoms with Crippen molar-refractivity contribution in [3.8, 4) is 33.4 Å². The predicted molar refractivity (Wildman–Crippen MR) is 240 cm³/mol. The molecular formula is C52H28OS2. The predicted octanol–water partition coefficient (Wildman–Crippen LogP) is 16.2. The van der Waals surface area contributed by atoms with Gasteiger partial charge in [0.05, 0.1) is 0 Å². The molecule has 10 aromatic carbocycles. The quantitative estimate of drug-likeness (QED) is 0.165. The second-order valence-electron chi connectivity index (χ2n) is 14.7. The number of hydrogen-bond donors (Lipinski definition) is 0. The number of benzene rings is 10. The van der Waals surface area contributed by atoms with Crippen LogP contribution in [0.3, 0.4) is 0 Å². The lowest BCUT2D eigenvalue weighted by Crippen LogP contribution is -1.93. The van der Waals surface area contributed by atoms with Gasteiger partial charge in [0.2, 0.25) is 0 Å². The molecule has 0 radical (unpaired) electrons. The molecule has 55 heavy (non-hydrogen) atoms. The van der Waals surface area contributed by atoms with Gasteiger partial charge in [-0.1, -0.05) is 146 Å². The van der Waals surface area contributed by atoms with Crippen molar-refractivity contribution in [1.29, 1.82) is 0 Å². The van der Waals surface area contributed by atoms with Crippen molar-refractivity contribution < 1.29 is 4.42 Å². The van der Waals surface area contributed by atoms with Crippen LogP contribution in [-0.2, 0) is 0 Å². The van der Waals surface area contributed by atoms with Crippen LogP contribution in [0, 0.1) is 0 Å². The number of furan rings is 1. The summed E-state index contributed by atoms with van der Waals surface area (Å²) in [5, 5.41) is 15.2. The highest BCUT2D eigenvalue weighted by atomic mass is 32.1. The fraction of sp³-hybridized carbons (Fsp3) is 0. The minimum absolute atomic E-state index is 0.915. The molecule has 3 aromatic heterocycles. The third-order valence-corrected chi connectivity index (χ3v) is 14.3. The lowest BCUT2D eigenvalue weighted by molar-refractivity contribution is 0.670. The number of thiophene rings is 2. The van der Waals surface area contributed by atoms with Crippen LogP contribution in [0.1, 0.15) is 0 Å². The van der Waals surface area contributed by atoms with Crippen LogP contribution in [0.4, 0.5) is 0 Å². The SMILES string of the molecule is c1ccc2c(c1)oc1c(-c3cc(-c4cccc5c4sc4ccccc45)c4ccc5ccc(-c6cccc7c6sc6ccccc67)c6ccc3c4c56)cccc12. The normalized spacial score (nSPS) is 12.4. The Balaban J connectivity index is 1.18. The molecule has 0 aliphatic heterocycles. The third-order valence-electron chi connectivity index (χ3n) is 11.9. The first kappa shape index (κ1) is 29.9. The summed E-state index contributed by atoms with van der Waals surface area (Å²) in [5.41, 5.74) is 9.24. The van der Waals surface area contributed by atoms with Gasteiger partial charge in [-0.15, -0.1) is 22.7 Å². The molecular weight excluding hydrogens is 705 g/mol. The Bertz CT molecular complexity index is 3590. The average Bonchev–Trinajstić information content (AvgIpc) is 3.94. The van der Waals surface area contributed by atoms with Gasteiger partial charge in [0.1, 0.15) is 11.2 Å². The Labute approximate surface area is 323 Å². The monoisotopic (exact) mass is 732 g/mol. The average molecular weight is 733 g/mol. The molecule has 13 aromatic rings. The fourth-order valence-corrected chi connectivity index (χ4v) is 11.9. The highest BCUT2D eigenvalue weighted by molar-refractivity contribution is 7.26. The molecule has 0 spiro atoms. The number of hydrogen-bond acceptors (Lipinski definition) is 3. The summed E-state index contributed by atoms with van der Waals surface area (Å²) >= 11 is 3.79. The van der Waals surface area contributed by atoms with Crippen LogP contribution in [0.2, 0.25) is 0 Å². The van der Waals surface area contributed by atoms with Crippen molar-refractivity contribution in [3.63, 3.8) is 0 Å². The fourth-order valence-electron chi connectivity index (χ4n) is 9.46. The van der Waals surface area contributed by atoms with E-state index in [1.807, 2.05) is 22.7 Å². The molecule has 1 nitrogen and oxygen atoms in total. The molecule has 0 amide bonds. The van der Waals surface area contributed by atoms with Gasteiger partial charge >= 0.3 is 0 Å². The number of fused-ring (bicyclic) bond motifs is 9. The van der Waals surface area contributed by atoms with E-state index >= 15 is 0 Å². The first-order valence-electron chi connectivity index (χ1n) is 18.7. The molecule has 0 fully saturated rings. The smallest absolute Gasteiger partial charge is 0.143 e. The van der Waals surface area contributed by atoms with Crippen LogP contribution >= 0.6 is 22.7 Å². The second kappa shape index (κ2) is 11.0. The summed E-state index contributed by atoms with van der Waals surface area (Å²) in [6.45, 7) is 0. The zero-order chi connectivity index (χ0) is 35.8.